The number of fused-ring (bicyclic) bond motifs is 7. The van der Waals surface area contributed by atoms with Crippen molar-refractivity contribution in [2.75, 3.05) is 0 Å². The predicted molar refractivity (Wildman–Crippen MR) is 170 cm³/mol. The molecule has 0 atom stereocenters. The van der Waals surface area contributed by atoms with E-state index >= 15 is 0 Å². The van der Waals surface area contributed by atoms with Crippen LogP contribution < -0.4 is 0 Å². The van der Waals surface area contributed by atoms with Crippen molar-refractivity contribution in [3.8, 4) is 0 Å². The Hall–Kier alpha value is -3.38. The monoisotopic (exact) mass is 496 g/mol. The smallest absolute Gasteiger partial charge is 0.00987 e. The van der Waals surface area contributed by atoms with Gasteiger partial charge in [0.25, 0.3) is 0 Å². The summed E-state index contributed by atoms with van der Waals surface area (Å²) in [6, 6.07) is 33.1. The molecule has 0 amide bonds. The molecule has 0 aliphatic rings. The lowest BCUT2D eigenvalue weighted by molar-refractivity contribution is 0.667. The zero-order valence-electron chi connectivity index (χ0n) is 23.2. The van der Waals surface area contributed by atoms with Crippen molar-refractivity contribution in [1.82, 2.24) is 0 Å². The third kappa shape index (κ3) is 5.02. The zero-order valence-corrected chi connectivity index (χ0v) is 23.2. The van der Waals surface area contributed by atoms with Gasteiger partial charge in [-0.2, -0.15) is 0 Å². The molecule has 0 aromatic heterocycles. The Balaban J connectivity index is 1.37. The molecule has 0 aliphatic heterocycles. The lowest BCUT2D eigenvalue weighted by Gasteiger charge is -2.12. The van der Waals surface area contributed by atoms with Crippen LogP contribution in [0.25, 0.3) is 53.9 Å². The highest BCUT2D eigenvalue weighted by Crippen LogP contribution is 2.35. The normalized spacial score (nSPS) is 11.9. The Morgan fingerprint density at radius 3 is 1.24 bits per heavy atom. The first kappa shape index (κ1) is 24.9. The Labute approximate surface area is 227 Å². The molecule has 0 heterocycles. The second kappa shape index (κ2) is 11.2. The van der Waals surface area contributed by atoms with Crippen molar-refractivity contribution in [1.29, 1.82) is 0 Å². The molecular formula is C38H40. The number of hydrogen-bond acceptors (Lipinski definition) is 0. The molecule has 0 radical (unpaired) electrons. The van der Waals surface area contributed by atoms with E-state index < -0.39 is 0 Å². The molecule has 0 saturated heterocycles. The van der Waals surface area contributed by atoms with Gasteiger partial charge in [-0.1, -0.05) is 113 Å². The van der Waals surface area contributed by atoms with Gasteiger partial charge in [-0.05, 0) is 115 Å². The first-order valence-electron chi connectivity index (χ1n) is 15.0. The number of benzene rings is 6. The van der Waals surface area contributed by atoms with E-state index in [1.807, 2.05) is 0 Å². The molecule has 0 unspecified atom stereocenters. The lowest BCUT2D eigenvalue weighted by atomic mass is 9.92. The molecule has 192 valence electrons. The van der Waals surface area contributed by atoms with Gasteiger partial charge in [-0.25, -0.2) is 0 Å². The van der Waals surface area contributed by atoms with Gasteiger partial charge >= 0.3 is 0 Å². The predicted octanol–water partition coefficient (Wildman–Crippen LogP) is 11.7. The average molecular weight is 497 g/mol. The van der Waals surface area contributed by atoms with E-state index in [0.29, 0.717) is 0 Å². The van der Waals surface area contributed by atoms with E-state index in [-0.39, 0.29) is 0 Å². The van der Waals surface area contributed by atoms with E-state index in [1.165, 1.54) is 129 Å². The van der Waals surface area contributed by atoms with Crippen LogP contribution in [0.5, 0.6) is 0 Å². The molecule has 6 rings (SSSR count). The van der Waals surface area contributed by atoms with Gasteiger partial charge in [0.2, 0.25) is 0 Å². The largest absolute Gasteiger partial charge is 0.0654 e. The molecular weight excluding hydrogens is 456 g/mol. The minimum absolute atomic E-state index is 1.19. The highest BCUT2D eigenvalue weighted by atomic mass is 14.1. The summed E-state index contributed by atoms with van der Waals surface area (Å²) in [4.78, 5) is 0. The van der Waals surface area contributed by atoms with Crippen LogP contribution >= 0.6 is 0 Å². The minimum Gasteiger partial charge on any atom is -0.0654 e. The fraction of sp³-hybridized carbons (Fsp3) is 0.316. The SMILES string of the molecule is CCCCCCc1ccc2cc3c(ccc4c5cc6ccc(CCCCCC)cc6cc5ccc34)cc2c1. The maximum absolute atomic E-state index is 2.41. The molecule has 0 spiro atoms. The molecule has 0 N–H and O–H groups in total. The molecule has 6 aromatic rings. The van der Waals surface area contributed by atoms with Gasteiger partial charge in [-0.3, -0.25) is 0 Å². The topological polar surface area (TPSA) is 0 Å². The quantitative estimate of drug-likeness (QED) is 0.100. The number of unbranched alkanes of at least 4 members (excludes halogenated alkanes) is 6. The zero-order chi connectivity index (χ0) is 25.9. The fourth-order valence-electron chi connectivity index (χ4n) is 6.29. The molecule has 0 nitrogen and oxygen atoms in total. The minimum atomic E-state index is 1.19. The van der Waals surface area contributed by atoms with Crippen LogP contribution in [0.3, 0.4) is 0 Å². The first-order valence-corrected chi connectivity index (χ1v) is 15.0. The van der Waals surface area contributed by atoms with Crippen LogP contribution in [0.15, 0.2) is 84.9 Å². The molecule has 0 aliphatic carbocycles. The van der Waals surface area contributed by atoms with E-state index in [9.17, 15) is 0 Å². The van der Waals surface area contributed by atoms with Crippen molar-refractivity contribution in [2.24, 2.45) is 0 Å². The Bertz CT molecular complexity index is 1610. The van der Waals surface area contributed by atoms with E-state index in [2.05, 4.69) is 98.8 Å². The average Bonchev–Trinajstić information content (AvgIpc) is 2.95. The number of rotatable bonds is 10. The fourth-order valence-corrected chi connectivity index (χ4v) is 6.29. The van der Waals surface area contributed by atoms with Gasteiger partial charge in [0, 0.05) is 0 Å². The van der Waals surface area contributed by atoms with Crippen molar-refractivity contribution >= 4 is 53.9 Å². The number of aryl methyl sites for hydroxylation is 2. The second-order valence-electron chi connectivity index (χ2n) is 11.4. The maximum atomic E-state index is 2.41. The van der Waals surface area contributed by atoms with Gasteiger partial charge in [0.15, 0.2) is 0 Å². The van der Waals surface area contributed by atoms with Crippen LogP contribution in [0, 0.1) is 0 Å². The van der Waals surface area contributed by atoms with E-state index in [4.69, 9.17) is 0 Å². The highest BCUT2D eigenvalue weighted by Gasteiger charge is 2.09. The second-order valence-corrected chi connectivity index (χ2v) is 11.4. The molecule has 6 aromatic carbocycles. The van der Waals surface area contributed by atoms with E-state index in [1.54, 1.807) is 0 Å². The molecule has 0 bridgehead atoms. The Kier molecular flexibility index (Phi) is 7.32. The summed E-state index contributed by atoms with van der Waals surface area (Å²) in [6.07, 6.45) is 12.9. The van der Waals surface area contributed by atoms with E-state index in [0.717, 1.165) is 0 Å². The lowest BCUT2D eigenvalue weighted by Crippen LogP contribution is -1.88. The summed E-state index contributed by atoms with van der Waals surface area (Å²) in [5.41, 5.74) is 2.94. The van der Waals surface area contributed by atoms with Gasteiger partial charge in [0.1, 0.15) is 0 Å². The van der Waals surface area contributed by atoms with Crippen LogP contribution in [0.4, 0.5) is 0 Å². The van der Waals surface area contributed by atoms with Crippen molar-refractivity contribution in [2.45, 2.75) is 78.1 Å². The summed E-state index contributed by atoms with van der Waals surface area (Å²) < 4.78 is 0. The van der Waals surface area contributed by atoms with Crippen LogP contribution in [-0.2, 0) is 12.8 Å². The standard InChI is InChI=1S/C38H40/c1-3-5-7-9-11-27-13-15-29-25-37-31(23-33(29)21-27)17-19-36-35(37)20-18-32-24-34-22-28(12-10-8-6-4-2)14-16-30(34)26-38(32)36/h13-26H,3-12H2,1-2H3. The third-order valence-corrected chi connectivity index (χ3v) is 8.51. The third-order valence-electron chi connectivity index (χ3n) is 8.51. The van der Waals surface area contributed by atoms with Crippen LogP contribution in [0.1, 0.15) is 76.3 Å². The number of hydrogen-bond donors (Lipinski definition) is 0. The van der Waals surface area contributed by atoms with Crippen molar-refractivity contribution < 1.29 is 0 Å². The summed E-state index contributed by atoms with van der Waals surface area (Å²) >= 11 is 0. The van der Waals surface area contributed by atoms with Gasteiger partial charge < -0.3 is 0 Å². The summed E-state index contributed by atoms with van der Waals surface area (Å²) in [5.74, 6) is 0. The summed E-state index contributed by atoms with van der Waals surface area (Å²) in [7, 11) is 0. The summed E-state index contributed by atoms with van der Waals surface area (Å²) in [6.45, 7) is 4.56. The molecule has 0 saturated carbocycles. The van der Waals surface area contributed by atoms with Crippen molar-refractivity contribution in [3.05, 3.63) is 96.1 Å². The van der Waals surface area contributed by atoms with Crippen LogP contribution in [-0.4, -0.2) is 0 Å². The Morgan fingerprint density at radius 2 is 0.789 bits per heavy atom. The maximum Gasteiger partial charge on any atom is -0.00987 e. The Morgan fingerprint density at radius 1 is 0.342 bits per heavy atom. The molecule has 0 fully saturated rings. The molecule has 0 heteroatoms. The van der Waals surface area contributed by atoms with Gasteiger partial charge in [-0.15, -0.1) is 0 Å². The van der Waals surface area contributed by atoms with Crippen LogP contribution in [0.2, 0.25) is 0 Å². The first-order chi connectivity index (χ1) is 18.7. The molecule has 38 heavy (non-hydrogen) atoms. The van der Waals surface area contributed by atoms with Gasteiger partial charge in [0.05, 0.1) is 0 Å². The van der Waals surface area contributed by atoms with Crippen molar-refractivity contribution in [3.63, 3.8) is 0 Å². The summed E-state index contributed by atoms with van der Waals surface area (Å²) in [5, 5.41) is 13.5. The highest BCUT2D eigenvalue weighted by molar-refractivity contribution is 6.20.